The number of hydrogen-bond donors (Lipinski definition) is 3. The lowest BCUT2D eigenvalue weighted by Crippen LogP contribution is -2.49. The Labute approximate surface area is 153 Å². The molecule has 12 nitrogen and oxygen atoms in total. The third-order valence-electron chi connectivity index (χ3n) is 5.09. The number of anilines is 1. The number of nitrogen functional groups attached to an aromatic ring is 1. The van der Waals surface area contributed by atoms with Gasteiger partial charge in [0.1, 0.15) is 17.8 Å². The number of nitrogens with one attached hydrogen (secondary N) is 1. The number of rotatable bonds is 5. The molecule has 2 aromatic rings. The molecule has 0 aromatic carbocycles. The maximum Gasteiger partial charge on any atom is 0.472 e. The van der Waals surface area contributed by atoms with Gasteiger partial charge >= 0.3 is 7.82 Å². The van der Waals surface area contributed by atoms with Gasteiger partial charge in [-0.1, -0.05) is 6.92 Å². The molecular weight excluding hydrogens is 381 g/mol. The highest BCUT2D eigenvalue weighted by Crippen LogP contribution is 2.54. The molecule has 27 heavy (non-hydrogen) atoms. The molecule has 2 saturated heterocycles. The van der Waals surface area contributed by atoms with Crippen molar-refractivity contribution in [1.82, 2.24) is 19.5 Å². The zero-order chi connectivity index (χ0) is 19.4. The predicted octanol–water partition coefficient (Wildman–Crippen LogP) is 0.300. The molecule has 0 aliphatic carbocycles. The van der Waals surface area contributed by atoms with Crippen molar-refractivity contribution < 1.29 is 28.0 Å². The van der Waals surface area contributed by atoms with E-state index in [4.69, 9.17) is 19.7 Å². The molecule has 2 fully saturated rings. The van der Waals surface area contributed by atoms with Gasteiger partial charge in [-0.3, -0.25) is 23.4 Å². The van der Waals surface area contributed by atoms with Gasteiger partial charge in [0.05, 0.1) is 12.9 Å². The van der Waals surface area contributed by atoms with E-state index in [0.717, 1.165) is 7.11 Å². The van der Waals surface area contributed by atoms with Crippen LogP contribution in [0.15, 0.2) is 11.1 Å². The van der Waals surface area contributed by atoms with E-state index in [-0.39, 0.29) is 17.1 Å². The van der Waals surface area contributed by atoms with Gasteiger partial charge in [0, 0.05) is 13.5 Å². The Bertz CT molecular complexity index is 976. The fraction of sp³-hybridized carbons (Fsp3) is 0.643. The number of aromatic nitrogens is 4. The first kappa shape index (κ1) is 18.5. The Morgan fingerprint density at radius 3 is 3.07 bits per heavy atom. The molecule has 4 rings (SSSR count). The number of ether oxygens (including phenoxy) is 2. The van der Waals surface area contributed by atoms with Crippen molar-refractivity contribution in [3.63, 3.8) is 0 Å². The van der Waals surface area contributed by atoms with Crippen LogP contribution >= 0.6 is 7.82 Å². The van der Waals surface area contributed by atoms with Crippen molar-refractivity contribution in [1.29, 1.82) is 0 Å². The van der Waals surface area contributed by atoms with Gasteiger partial charge in [-0.05, 0) is 6.42 Å². The lowest BCUT2D eigenvalue weighted by Gasteiger charge is -2.37. The van der Waals surface area contributed by atoms with Crippen LogP contribution in [0.2, 0.25) is 0 Å². The minimum Gasteiger partial charge on any atom is -0.371 e. The minimum absolute atomic E-state index is 0.0617. The Morgan fingerprint density at radius 1 is 1.59 bits per heavy atom. The zero-order valence-electron chi connectivity index (χ0n) is 14.7. The summed E-state index contributed by atoms with van der Waals surface area (Å²) in [4.78, 5) is 32.4. The molecule has 2 aliphatic rings. The van der Waals surface area contributed by atoms with Crippen LogP contribution in [0.25, 0.3) is 11.2 Å². The molecule has 13 heteroatoms. The number of fused-ring (bicyclic) bond motifs is 3. The van der Waals surface area contributed by atoms with E-state index in [2.05, 4.69) is 19.5 Å². The molecule has 4 heterocycles. The quantitative estimate of drug-likeness (QED) is 0.594. The van der Waals surface area contributed by atoms with Crippen LogP contribution in [0.3, 0.4) is 0 Å². The van der Waals surface area contributed by atoms with Crippen LogP contribution in [0.4, 0.5) is 5.95 Å². The summed E-state index contributed by atoms with van der Waals surface area (Å²) in [5.41, 5.74) is 4.64. The first-order valence-electron chi connectivity index (χ1n) is 8.39. The largest absolute Gasteiger partial charge is 0.472 e. The summed E-state index contributed by atoms with van der Waals surface area (Å²) in [7, 11) is -3.19. The van der Waals surface area contributed by atoms with Crippen LogP contribution in [0.5, 0.6) is 0 Å². The van der Waals surface area contributed by atoms with Crippen LogP contribution in [0, 0.1) is 0 Å². The summed E-state index contributed by atoms with van der Waals surface area (Å²) < 4.78 is 35.6. The van der Waals surface area contributed by atoms with Gasteiger partial charge in [0.2, 0.25) is 5.95 Å². The molecule has 0 amide bonds. The maximum atomic E-state index is 12.0. The monoisotopic (exact) mass is 401 g/mol. The lowest BCUT2D eigenvalue weighted by atomic mass is 9.87. The summed E-state index contributed by atoms with van der Waals surface area (Å²) >= 11 is 0. The summed E-state index contributed by atoms with van der Waals surface area (Å²) in [6.07, 6.45) is 0.0285. The summed E-state index contributed by atoms with van der Waals surface area (Å²) in [6, 6.07) is 0. The number of H-pyrrole nitrogens is 1. The molecule has 0 radical (unpaired) electrons. The van der Waals surface area contributed by atoms with Crippen LogP contribution in [-0.4, -0.2) is 55.9 Å². The van der Waals surface area contributed by atoms with E-state index in [9.17, 15) is 14.3 Å². The summed E-state index contributed by atoms with van der Waals surface area (Å²) in [5.74, 6) is -0.0617. The van der Waals surface area contributed by atoms with E-state index in [1.54, 1.807) is 0 Å². The van der Waals surface area contributed by atoms with Crippen LogP contribution in [-0.2, 0) is 23.1 Å². The lowest BCUT2D eigenvalue weighted by molar-refractivity contribution is -0.120. The second kappa shape index (κ2) is 6.36. The highest BCUT2D eigenvalue weighted by atomic mass is 31.2. The van der Waals surface area contributed by atoms with Gasteiger partial charge in [0.25, 0.3) is 5.56 Å². The first-order chi connectivity index (χ1) is 12.8. The highest BCUT2D eigenvalue weighted by Gasteiger charge is 2.60. The van der Waals surface area contributed by atoms with E-state index in [1.165, 1.54) is 10.9 Å². The third-order valence-corrected chi connectivity index (χ3v) is 6.04. The summed E-state index contributed by atoms with van der Waals surface area (Å²) in [5, 5.41) is 0. The highest BCUT2D eigenvalue weighted by molar-refractivity contribution is 7.47. The number of hydrogen-bond acceptors (Lipinski definition) is 9. The fourth-order valence-electron chi connectivity index (χ4n) is 3.71. The van der Waals surface area contributed by atoms with Crippen molar-refractivity contribution in [2.75, 3.05) is 19.5 Å². The molecule has 2 aromatic heterocycles. The van der Waals surface area contributed by atoms with Crippen molar-refractivity contribution in [3.05, 3.63) is 16.7 Å². The average molecular weight is 401 g/mol. The van der Waals surface area contributed by atoms with Gasteiger partial charge in [-0.2, -0.15) is 4.98 Å². The molecule has 0 spiro atoms. The average Bonchev–Trinajstić information content (AvgIpc) is 3.09. The molecule has 5 atom stereocenters. The topological polar surface area (TPSA) is 164 Å². The number of nitrogens with zero attached hydrogens (tertiary/aromatic N) is 3. The van der Waals surface area contributed by atoms with Gasteiger partial charge in [-0.15, -0.1) is 0 Å². The summed E-state index contributed by atoms with van der Waals surface area (Å²) in [6.45, 7) is 2.28. The Hall–Kier alpha value is -1.82. The van der Waals surface area contributed by atoms with E-state index < -0.39 is 37.4 Å². The third kappa shape index (κ3) is 2.89. The zero-order valence-corrected chi connectivity index (χ0v) is 15.6. The van der Waals surface area contributed by atoms with Gasteiger partial charge in [-0.25, -0.2) is 9.55 Å². The molecule has 2 aliphatic heterocycles. The van der Waals surface area contributed by atoms with Crippen molar-refractivity contribution in [2.45, 2.75) is 43.8 Å². The number of phosphoric ester groups is 1. The number of aromatic amines is 1. The fourth-order valence-corrected chi connectivity index (χ4v) is 4.40. The first-order valence-corrected chi connectivity index (χ1v) is 9.88. The molecule has 4 N–H and O–H groups in total. The maximum absolute atomic E-state index is 12.0. The van der Waals surface area contributed by atoms with Crippen molar-refractivity contribution >= 4 is 24.9 Å². The van der Waals surface area contributed by atoms with Gasteiger partial charge in [0.15, 0.2) is 17.4 Å². The van der Waals surface area contributed by atoms with Crippen LogP contribution < -0.4 is 11.3 Å². The minimum atomic E-state index is -4.27. The van der Waals surface area contributed by atoms with Crippen LogP contribution in [0.1, 0.15) is 26.0 Å². The normalized spacial score (nSPS) is 32.6. The number of nitrogens with two attached hydrogens (primary N) is 1. The Morgan fingerprint density at radius 2 is 2.37 bits per heavy atom. The predicted molar refractivity (Wildman–Crippen MR) is 91.8 cm³/mol. The van der Waals surface area contributed by atoms with Crippen molar-refractivity contribution in [3.8, 4) is 0 Å². The number of imidazole rings is 1. The second-order valence-corrected chi connectivity index (χ2v) is 7.98. The Kier molecular flexibility index (Phi) is 4.37. The standard InChI is InChI=1S/C14H20N5O7P/c1-3-14-4-5-24-8(9(14)26-27(21,22)23-2)12(25-14)19-6-16-7-10(19)17-13(15)18-11(7)20/h6,8-9,12H,3-5H2,1-2H3,(H,21,22)(H3,15,17,18,20)/t8?,9?,12-,14?/m1/s1. The van der Waals surface area contributed by atoms with E-state index >= 15 is 0 Å². The molecule has 2 bridgehead atoms. The molecular formula is C14H20N5O7P. The SMILES string of the molecule is CCC12CCOC(C1OP(=O)(O)OC)[C@H](n1cnc3c(=O)[nH]c(N)nc31)O2. The van der Waals surface area contributed by atoms with E-state index in [1.807, 2.05) is 6.92 Å². The van der Waals surface area contributed by atoms with Crippen molar-refractivity contribution in [2.24, 2.45) is 0 Å². The second-order valence-electron chi connectivity index (χ2n) is 6.46. The smallest absolute Gasteiger partial charge is 0.371 e. The Balaban J connectivity index is 1.79. The molecule has 148 valence electrons. The van der Waals surface area contributed by atoms with Gasteiger partial charge < -0.3 is 20.1 Å². The molecule has 4 unspecified atom stereocenters. The molecule has 0 saturated carbocycles. The van der Waals surface area contributed by atoms with E-state index in [0.29, 0.717) is 19.4 Å². The number of phosphoric acid groups is 1.